The highest BCUT2D eigenvalue weighted by molar-refractivity contribution is 7.13. The molecule has 1 aromatic carbocycles. The number of ether oxygens (including phenoxy) is 1. The van der Waals surface area contributed by atoms with Crippen LogP contribution in [0.2, 0.25) is 0 Å². The predicted octanol–water partition coefficient (Wildman–Crippen LogP) is 2.27. The molecule has 1 aromatic heterocycles. The first-order valence-corrected chi connectivity index (χ1v) is 8.98. The van der Waals surface area contributed by atoms with Crippen LogP contribution < -0.4 is 0 Å². The molecule has 1 N–H and O–H groups in total. The molecule has 128 valence electrons. The Labute approximate surface area is 145 Å². The van der Waals surface area contributed by atoms with E-state index in [0.29, 0.717) is 13.2 Å². The second-order valence-electron chi connectivity index (χ2n) is 6.22. The topological polar surface area (TPSA) is 62.7 Å². The number of aryl methyl sites for hydroxylation is 1. The Kier molecular flexibility index (Phi) is 5.28. The minimum Gasteiger partial charge on any atom is -0.394 e. The Morgan fingerprint density at radius 2 is 2.17 bits per heavy atom. The zero-order valence-corrected chi connectivity index (χ0v) is 14.8. The molecule has 2 unspecified atom stereocenters. The standard InChI is InChI=1S/C18H22N2O3S/c1-12-3-5-14(6-4-12)18-19-15(11-24-18)7-17(22)20-8-16(9-21)23-10-13(20)2/h3-6,11,13,16,21H,7-10H2,1-2H3. The fourth-order valence-corrected chi connectivity index (χ4v) is 3.57. The molecule has 6 heteroatoms. The lowest BCUT2D eigenvalue weighted by molar-refractivity contribution is -0.145. The van der Waals surface area contributed by atoms with E-state index in [0.717, 1.165) is 16.3 Å². The monoisotopic (exact) mass is 346 g/mol. The number of benzene rings is 1. The van der Waals surface area contributed by atoms with Gasteiger partial charge in [0.05, 0.1) is 37.5 Å². The van der Waals surface area contributed by atoms with Crippen LogP contribution in [-0.2, 0) is 16.0 Å². The van der Waals surface area contributed by atoms with Crippen molar-refractivity contribution in [2.45, 2.75) is 32.4 Å². The van der Waals surface area contributed by atoms with Crippen molar-refractivity contribution in [1.29, 1.82) is 0 Å². The molecule has 1 saturated heterocycles. The first-order chi connectivity index (χ1) is 11.6. The van der Waals surface area contributed by atoms with E-state index in [9.17, 15) is 9.90 Å². The molecular formula is C18H22N2O3S. The number of carbonyl (C=O) groups excluding carboxylic acids is 1. The van der Waals surface area contributed by atoms with Gasteiger partial charge in [0.1, 0.15) is 5.01 Å². The average Bonchev–Trinajstić information content (AvgIpc) is 3.04. The van der Waals surface area contributed by atoms with Crippen molar-refractivity contribution in [2.24, 2.45) is 0 Å². The van der Waals surface area contributed by atoms with E-state index in [4.69, 9.17) is 4.74 Å². The Morgan fingerprint density at radius 1 is 1.42 bits per heavy atom. The molecule has 1 amide bonds. The minimum atomic E-state index is -0.288. The second kappa shape index (κ2) is 7.42. The number of carbonyl (C=O) groups is 1. The molecule has 2 aromatic rings. The van der Waals surface area contributed by atoms with Gasteiger partial charge in [-0.3, -0.25) is 4.79 Å². The molecule has 0 aliphatic carbocycles. The van der Waals surface area contributed by atoms with Crippen molar-refractivity contribution in [1.82, 2.24) is 9.88 Å². The van der Waals surface area contributed by atoms with Crippen molar-refractivity contribution in [3.8, 4) is 10.6 Å². The number of nitrogens with zero attached hydrogens (tertiary/aromatic N) is 2. The van der Waals surface area contributed by atoms with Crippen LogP contribution in [0.15, 0.2) is 29.6 Å². The first kappa shape index (κ1) is 17.1. The Balaban J connectivity index is 1.67. The zero-order chi connectivity index (χ0) is 17.1. The molecule has 24 heavy (non-hydrogen) atoms. The lowest BCUT2D eigenvalue weighted by Crippen LogP contribution is -2.52. The largest absolute Gasteiger partial charge is 0.394 e. The summed E-state index contributed by atoms with van der Waals surface area (Å²) in [6.07, 6.45) is -0.00565. The number of amides is 1. The van der Waals surface area contributed by atoms with E-state index < -0.39 is 0 Å². The molecule has 3 rings (SSSR count). The number of rotatable bonds is 4. The fourth-order valence-electron chi connectivity index (χ4n) is 2.75. The number of hydrogen-bond acceptors (Lipinski definition) is 5. The summed E-state index contributed by atoms with van der Waals surface area (Å²) in [5, 5.41) is 12.1. The number of aromatic nitrogens is 1. The van der Waals surface area contributed by atoms with Crippen LogP contribution >= 0.6 is 11.3 Å². The number of thiazole rings is 1. The third-order valence-corrected chi connectivity index (χ3v) is 5.15. The lowest BCUT2D eigenvalue weighted by Gasteiger charge is -2.37. The molecule has 0 radical (unpaired) electrons. The van der Waals surface area contributed by atoms with Gasteiger partial charge in [0.2, 0.25) is 5.91 Å². The summed E-state index contributed by atoms with van der Waals surface area (Å²) in [6, 6.07) is 8.25. The molecule has 5 nitrogen and oxygen atoms in total. The summed E-state index contributed by atoms with van der Waals surface area (Å²) in [4.78, 5) is 19.0. The van der Waals surface area contributed by atoms with Gasteiger partial charge in [0.15, 0.2) is 0 Å². The van der Waals surface area contributed by atoms with Gasteiger partial charge in [-0.15, -0.1) is 11.3 Å². The van der Waals surface area contributed by atoms with Crippen LogP contribution in [0.4, 0.5) is 0 Å². The van der Waals surface area contributed by atoms with Crippen LogP contribution in [0.1, 0.15) is 18.2 Å². The third kappa shape index (κ3) is 3.83. The first-order valence-electron chi connectivity index (χ1n) is 8.10. The van der Waals surface area contributed by atoms with Gasteiger partial charge < -0.3 is 14.7 Å². The van der Waals surface area contributed by atoms with Gasteiger partial charge in [-0.2, -0.15) is 0 Å². The van der Waals surface area contributed by atoms with Gasteiger partial charge in [0.25, 0.3) is 0 Å². The van der Waals surface area contributed by atoms with E-state index in [1.807, 2.05) is 12.3 Å². The maximum absolute atomic E-state index is 12.6. The molecule has 2 atom stereocenters. The smallest absolute Gasteiger partial charge is 0.229 e. The maximum Gasteiger partial charge on any atom is 0.229 e. The normalized spacial score (nSPS) is 21.0. The fraction of sp³-hybridized carbons (Fsp3) is 0.444. The van der Waals surface area contributed by atoms with Gasteiger partial charge in [0, 0.05) is 17.5 Å². The second-order valence-corrected chi connectivity index (χ2v) is 7.08. The van der Waals surface area contributed by atoms with Crippen LogP contribution in [0.3, 0.4) is 0 Å². The molecule has 1 aliphatic rings. The minimum absolute atomic E-state index is 0.0236. The Bertz CT molecular complexity index is 699. The molecule has 0 saturated carbocycles. The number of hydrogen-bond donors (Lipinski definition) is 1. The highest BCUT2D eigenvalue weighted by Crippen LogP contribution is 2.24. The summed E-state index contributed by atoms with van der Waals surface area (Å²) < 4.78 is 5.48. The quantitative estimate of drug-likeness (QED) is 0.922. The summed E-state index contributed by atoms with van der Waals surface area (Å²) in [6.45, 7) is 4.85. The zero-order valence-electron chi connectivity index (χ0n) is 13.9. The van der Waals surface area contributed by atoms with Crippen LogP contribution in [-0.4, -0.2) is 52.8 Å². The van der Waals surface area contributed by atoms with E-state index in [1.165, 1.54) is 5.56 Å². The van der Waals surface area contributed by atoms with E-state index in [1.54, 1.807) is 16.2 Å². The van der Waals surface area contributed by atoms with Gasteiger partial charge in [-0.25, -0.2) is 4.98 Å². The summed E-state index contributed by atoms with van der Waals surface area (Å²) in [5.74, 6) is 0.0324. The van der Waals surface area contributed by atoms with Gasteiger partial charge in [-0.1, -0.05) is 29.8 Å². The van der Waals surface area contributed by atoms with Crippen molar-refractivity contribution in [3.63, 3.8) is 0 Å². The van der Waals surface area contributed by atoms with Crippen molar-refractivity contribution < 1.29 is 14.6 Å². The lowest BCUT2D eigenvalue weighted by atomic mass is 10.1. The number of morpholine rings is 1. The maximum atomic E-state index is 12.6. The Hall–Kier alpha value is -1.76. The van der Waals surface area contributed by atoms with Crippen LogP contribution in [0, 0.1) is 6.92 Å². The summed E-state index contributed by atoms with van der Waals surface area (Å²) >= 11 is 1.56. The Morgan fingerprint density at radius 3 is 2.88 bits per heavy atom. The predicted molar refractivity (Wildman–Crippen MR) is 94.0 cm³/mol. The average molecular weight is 346 g/mol. The van der Waals surface area contributed by atoms with Gasteiger partial charge >= 0.3 is 0 Å². The van der Waals surface area contributed by atoms with Gasteiger partial charge in [-0.05, 0) is 13.8 Å². The van der Waals surface area contributed by atoms with Crippen molar-refractivity contribution in [3.05, 3.63) is 40.9 Å². The molecule has 2 heterocycles. The number of aliphatic hydroxyl groups excluding tert-OH is 1. The van der Waals surface area contributed by atoms with E-state index >= 15 is 0 Å². The van der Waals surface area contributed by atoms with E-state index in [2.05, 4.69) is 36.2 Å². The summed E-state index contributed by atoms with van der Waals surface area (Å²) in [5.41, 5.74) is 3.08. The molecule has 0 bridgehead atoms. The molecule has 1 aliphatic heterocycles. The molecular weight excluding hydrogens is 324 g/mol. The van der Waals surface area contributed by atoms with E-state index in [-0.39, 0.29) is 31.1 Å². The van der Waals surface area contributed by atoms with Crippen LogP contribution in [0.5, 0.6) is 0 Å². The molecule has 0 spiro atoms. The van der Waals surface area contributed by atoms with Crippen molar-refractivity contribution >= 4 is 17.2 Å². The third-order valence-electron chi connectivity index (χ3n) is 4.21. The number of aliphatic hydroxyl groups is 1. The van der Waals surface area contributed by atoms with Crippen molar-refractivity contribution in [2.75, 3.05) is 19.8 Å². The summed E-state index contributed by atoms with van der Waals surface area (Å²) in [7, 11) is 0. The highest BCUT2D eigenvalue weighted by Gasteiger charge is 2.29. The highest BCUT2D eigenvalue weighted by atomic mass is 32.1. The SMILES string of the molecule is Cc1ccc(-c2nc(CC(=O)N3CC(CO)OCC3C)cs2)cc1. The van der Waals surface area contributed by atoms with Crippen LogP contribution in [0.25, 0.3) is 10.6 Å². The molecule has 1 fully saturated rings.